The Labute approximate surface area is 157 Å². The van der Waals surface area contributed by atoms with Crippen LogP contribution < -0.4 is 15.5 Å². The summed E-state index contributed by atoms with van der Waals surface area (Å²) in [6.45, 7) is 0. The Bertz CT molecular complexity index is 882. The van der Waals surface area contributed by atoms with Crippen LogP contribution in [0.2, 0.25) is 0 Å². The summed E-state index contributed by atoms with van der Waals surface area (Å²) in [7, 11) is 0. The van der Waals surface area contributed by atoms with E-state index in [1.807, 2.05) is 30.5 Å². The zero-order chi connectivity index (χ0) is 18.6. The fourth-order valence-electron chi connectivity index (χ4n) is 3.61. The van der Waals surface area contributed by atoms with Crippen molar-refractivity contribution in [2.45, 2.75) is 50.7 Å². The van der Waals surface area contributed by atoms with Gasteiger partial charge in [0.05, 0.1) is 6.10 Å². The largest absolute Gasteiger partial charge is 0.490 e. The third kappa shape index (κ3) is 4.07. The number of aromatic nitrogens is 1. The SMILES string of the molecule is O=C1CCC(C(=O)NC2CCC(Oc3cccc4cnccc34)CC2)=NN1. The quantitative estimate of drug-likeness (QED) is 0.868. The van der Waals surface area contributed by atoms with Gasteiger partial charge in [0.2, 0.25) is 5.91 Å². The molecular weight excluding hydrogens is 344 g/mol. The highest BCUT2D eigenvalue weighted by Crippen LogP contribution is 2.29. The molecule has 1 aromatic carbocycles. The fourth-order valence-corrected chi connectivity index (χ4v) is 3.61. The van der Waals surface area contributed by atoms with Crippen LogP contribution in [0.15, 0.2) is 41.8 Å². The Kier molecular flexibility index (Phi) is 5.00. The van der Waals surface area contributed by atoms with Gasteiger partial charge in [0, 0.05) is 42.0 Å². The number of benzene rings is 1. The minimum absolute atomic E-state index is 0.120. The Hall–Kier alpha value is -2.96. The summed E-state index contributed by atoms with van der Waals surface area (Å²) in [5.41, 5.74) is 2.76. The number of nitrogens with zero attached hydrogens (tertiary/aromatic N) is 2. The Morgan fingerprint density at radius 2 is 2.00 bits per heavy atom. The number of carbonyl (C=O) groups is 2. The van der Waals surface area contributed by atoms with E-state index in [1.54, 1.807) is 6.20 Å². The maximum absolute atomic E-state index is 12.3. The molecule has 0 spiro atoms. The molecule has 0 bridgehead atoms. The predicted molar refractivity (Wildman–Crippen MR) is 101 cm³/mol. The number of fused-ring (bicyclic) bond motifs is 1. The summed E-state index contributed by atoms with van der Waals surface area (Å²) in [6.07, 6.45) is 7.96. The van der Waals surface area contributed by atoms with Gasteiger partial charge in [-0.05, 0) is 37.8 Å². The molecule has 2 amide bonds. The maximum Gasteiger partial charge on any atom is 0.267 e. The predicted octanol–water partition coefficient (Wildman–Crippen LogP) is 2.31. The molecule has 4 rings (SSSR count). The Morgan fingerprint density at radius 1 is 1.15 bits per heavy atom. The molecule has 1 fully saturated rings. The normalized spacial score (nSPS) is 22.7. The van der Waals surface area contributed by atoms with Crippen molar-refractivity contribution in [2.75, 3.05) is 0 Å². The van der Waals surface area contributed by atoms with Crippen LogP contribution in [0.4, 0.5) is 0 Å². The number of hydrogen-bond acceptors (Lipinski definition) is 5. The lowest BCUT2D eigenvalue weighted by Gasteiger charge is -2.30. The first-order chi connectivity index (χ1) is 13.2. The molecule has 1 aliphatic heterocycles. The molecule has 1 aliphatic carbocycles. The molecule has 0 radical (unpaired) electrons. The molecule has 2 aliphatic rings. The molecule has 2 aromatic rings. The third-order valence-corrected chi connectivity index (χ3v) is 5.11. The summed E-state index contributed by atoms with van der Waals surface area (Å²) in [6, 6.07) is 8.09. The molecule has 0 unspecified atom stereocenters. The highest BCUT2D eigenvalue weighted by molar-refractivity contribution is 6.39. The molecule has 1 aromatic heterocycles. The van der Waals surface area contributed by atoms with Crippen LogP contribution in [-0.4, -0.2) is 34.7 Å². The first kappa shape index (κ1) is 17.5. The second-order valence-electron chi connectivity index (χ2n) is 7.01. The molecule has 0 atom stereocenters. The van der Waals surface area contributed by atoms with Gasteiger partial charge in [-0.1, -0.05) is 12.1 Å². The van der Waals surface area contributed by atoms with Gasteiger partial charge in [-0.25, -0.2) is 5.43 Å². The van der Waals surface area contributed by atoms with Crippen molar-refractivity contribution in [3.8, 4) is 5.75 Å². The van der Waals surface area contributed by atoms with Crippen molar-refractivity contribution >= 4 is 28.3 Å². The van der Waals surface area contributed by atoms with Crippen molar-refractivity contribution in [3.05, 3.63) is 36.7 Å². The Morgan fingerprint density at radius 3 is 2.78 bits per heavy atom. The lowest BCUT2D eigenvalue weighted by atomic mass is 9.92. The molecule has 7 nitrogen and oxygen atoms in total. The average molecular weight is 366 g/mol. The average Bonchev–Trinajstić information content (AvgIpc) is 2.70. The van der Waals surface area contributed by atoms with E-state index in [-0.39, 0.29) is 24.0 Å². The van der Waals surface area contributed by atoms with Crippen LogP contribution in [0.1, 0.15) is 38.5 Å². The zero-order valence-corrected chi connectivity index (χ0v) is 15.0. The minimum atomic E-state index is -0.180. The first-order valence-electron chi connectivity index (χ1n) is 9.35. The number of nitrogens with one attached hydrogen (secondary N) is 2. The summed E-state index contributed by atoms with van der Waals surface area (Å²) in [5.74, 6) is 0.559. The number of carbonyl (C=O) groups excluding carboxylic acids is 2. The van der Waals surface area contributed by atoms with Crippen LogP contribution >= 0.6 is 0 Å². The van der Waals surface area contributed by atoms with E-state index < -0.39 is 0 Å². The van der Waals surface area contributed by atoms with E-state index in [1.165, 1.54) is 0 Å². The minimum Gasteiger partial charge on any atom is -0.490 e. The Balaban J connectivity index is 1.31. The highest BCUT2D eigenvalue weighted by atomic mass is 16.5. The van der Waals surface area contributed by atoms with Gasteiger partial charge < -0.3 is 10.1 Å². The van der Waals surface area contributed by atoms with Crippen LogP contribution in [-0.2, 0) is 9.59 Å². The van der Waals surface area contributed by atoms with Crippen molar-refractivity contribution < 1.29 is 14.3 Å². The molecule has 0 saturated heterocycles. The zero-order valence-electron chi connectivity index (χ0n) is 15.0. The first-order valence-corrected chi connectivity index (χ1v) is 9.35. The van der Waals surface area contributed by atoms with E-state index >= 15 is 0 Å². The van der Waals surface area contributed by atoms with Gasteiger partial charge in [0.1, 0.15) is 11.5 Å². The van der Waals surface area contributed by atoms with E-state index in [2.05, 4.69) is 20.8 Å². The standard InChI is InChI=1S/C20H22N4O3/c25-19-9-8-17(23-24-19)20(26)22-14-4-6-15(7-5-14)27-18-3-1-2-13-12-21-11-10-16(13)18/h1-3,10-12,14-15H,4-9H2,(H,22,26)(H,24,25). The van der Waals surface area contributed by atoms with Gasteiger partial charge >= 0.3 is 0 Å². The summed E-state index contributed by atoms with van der Waals surface area (Å²) in [4.78, 5) is 27.5. The summed E-state index contributed by atoms with van der Waals surface area (Å²) < 4.78 is 6.24. The van der Waals surface area contributed by atoms with Gasteiger partial charge in [-0.15, -0.1) is 0 Å². The molecule has 2 heterocycles. The molecule has 27 heavy (non-hydrogen) atoms. The van der Waals surface area contributed by atoms with E-state index in [4.69, 9.17) is 4.74 Å². The van der Waals surface area contributed by atoms with Gasteiger partial charge in [-0.2, -0.15) is 5.10 Å². The maximum atomic E-state index is 12.3. The second-order valence-corrected chi connectivity index (χ2v) is 7.01. The summed E-state index contributed by atoms with van der Waals surface area (Å²) in [5, 5.41) is 9.02. The van der Waals surface area contributed by atoms with E-state index in [0.717, 1.165) is 42.2 Å². The van der Waals surface area contributed by atoms with Crippen molar-refractivity contribution in [2.24, 2.45) is 5.10 Å². The van der Waals surface area contributed by atoms with Crippen molar-refractivity contribution in [1.82, 2.24) is 15.7 Å². The smallest absolute Gasteiger partial charge is 0.267 e. The molecular formula is C20H22N4O3. The highest BCUT2D eigenvalue weighted by Gasteiger charge is 2.26. The number of amides is 2. The molecule has 140 valence electrons. The van der Waals surface area contributed by atoms with Gasteiger partial charge in [0.15, 0.2) is 0 Å². The number of hydrazone groups is 1. The molecule has 7 heteroatoms. The fraction of sp³-hybridized carbons (Fsp3) is 0.400. The molecule has 2 N–H and O–H groups in total. The lowest BCUT2D eigenvalue weighted by molar-refractivity contribution is -0.121. The van der Waals surface area contributed by atoms with E-state index in [9.17, 15) is 9.59 Å². The van der Waals surface area contributed by atoms with Crippen molar-refractivity contribution in [1.29, 1.82) is 0 Å². The third-order valence-electron chi connectivity index (χ3n) is 5.11. The van der Waals surface area contributed by atoms with Crippen LogP contribution in [0.5, 0.6) is 5.75 Å². The second kappa shape index (κ2) is 7.73. The summed E-state index contributed by atoms with van der Waals surface area (Å²) >= 11 is 0. The number of ether oxygens (including phenoxy) is 1. The van der Waals surface area contributed by atoms with Crippen LogP contribution in [0.25, 0.3) is 10.8 Å². The van der Waals surface area contributed by atoms with Crippen LogP contribution in [0.3, 0.4) is 0 Å². The topological polar surface area (TPSA) is 92.7 Å². The number of pyridine rings is 1. The number of hydrogen-bond donors (Lipinski definition) is 2. The molecule has 1 saturated carbocycles. The van der Waals surface area contributed by atoms with Crippen LogP contribution in [0, 0.1) is 0 Å². The van der Waals surface area contributed by atoms with Crippen molar-refractivity contribution in [3.63, 3.8) is 0 Å². The number of rotatable bonds is 4. The van der Waals surface area contributed by atoms with Gasteiger partial charge in [0.25, 0.3) is 5.91 Å². The van der Waals surface area contributed by atoms with E-state index in [0.29, 0.717) is 18.6 Å². The monoisotopic (exact) mass is 366 g/mol. The van der Waals surface area contributed by atoms with Gasteiger partial charge in [-0.3, -0.25) is 14.6 Å². The lowest BCUT2D eigenvalue weighted by Crippen LogP contribution is -2.44.